The zero-order chi connectivity index (χ0) is 15.5. The van der Waals surface area contributed by atoms with Gasteiger partial charge in [-0.15, -0.1) is 0 Å². The van der Waals surface area contributed by atoms with Crippen LogP contribution in [0.15, 0.2) is 52.3 Å². The molecule has 2 aromatic carbocycles. The van der Waals surface area contributed by atoms with Crippen LogP contribution < -0.4 is 5.32 Å². The van der Waals surface area contributed by atoms with Crippen molar-refractivity contribution in [1.29, 1.82) is 5.26 Å². The Morgan fingerprint density at radius 1 is 1.23 bits per heavy atom. The van der Waals surface area contributed by atoms with E-state index in [1.54, 1.807) is 23.9 Å². The maximum absolute atomic E-state index is 12.0. The molecule has 0 unspecified atom stereocenters. The summed E-state index contributed by atoms with van der Waals surface area (Å²) in [6.07, 6.45) is 1.93. The third-order valence-corrected chi connectivity index (χ3v) is 4.65. The van der Waals surface area contributed by atoms with Crippen molar-refractivity contribution in [3.05, 3.63) is 53.6 Å². The minimum absolute atomic E-state index is 0.0563. The predicted molar refractivity (Wildman–Crippen MR) is 87.8 cm³/mol. The fourth-order valence-electron chi connectivity index (χ4n) is 2.10. The number of rotatable bonds is 4. The molecule has 3 nitrogen and oxygen atoms in total. The van der Waals surface area contributed by atoms with Gasteiger partial charge in [-0.25, -0.2) is 0 Å². The maximum Gasteiger partial charge on any atom is 0.227 e. The van der Waals surface area contributed by atoms with Gasteiger partial charge in [0, 0.05) is 15.7 Å². The van der Waals surface area contributed by atoms with Crippen molar-refractivity contribution < 1.29 is 4.79 Å². The van der Waals surface area contributed by atoms with Gasteiger partial charge in [0.2, 0.25) is 5.91 Å². The number of aryl methyl sites for hydroxylation is 1. The van der Waals surface area contributed by atoms with E-state index in [0.717, 1.165) is 28.3 Å². The Labute approximate surface area is 134 Å². The highest BCUT2D eigenvalue weighted by atomic mass is 32.2. The molecule has 0 heterocycles. The van der Waals surface area contributed by atoms with Crippen molar-refractivity contribution in [3.8, 4) is 6.07 Å². The van der Waals surface area contributed by atoms with Gasteiger partial charge in [-0.3, -0.25) is 4.79 Å². The highest BCUT2D eigenvalue weighted by Gasteiger charge is 2.30. The Kier molecular flexibility index (Phi) is 4.17. The smallest absolute Gasteiger partial charge is 0.227 e. The van der Waals surface area contributed by atoms with E-state index < -0.39 is 0 Å². The summed E-state index contributed by atoms with van der Waals surface area (Å²) in [6, 6.07) is 15.8. The van der Waals surface area contributed by atoms with E-state index in [-0.39, 0.29) is 11.8 Å². The second-order valence-electron chi connectivity index (χ2n) is 5.50. The molecule has 1 fully saturated rings. The summed E-state index contributed by atoms with van der Waals surface area (Å²) in [6.45, 7) is 2.05. The molecule has 1 aliphatic rings. The molecule has 1 aliphatic carbocycles. The molecule has 0 bridgehead atoms. The number of hydrogen-bond donors (Lipinski definition) is 1. The number of carbonyl (C=O) groups is 1. The quantitative estimate of drug-likeness (QED) is 0.912. The van der Waals surface area contributed by atoms with Gasteiger partial charge < -0.3 is 5.32 Å². The van der Waals surface area contributed by atoms with Crippen LogP contribution in [0.2, 0.25) is 0 Å². The minimum atomic E-state index is 0.0563. The Morgan fingerprint density at radius 3 is 2.59 bits per heavy atom. The summed E-state index contributed by atoms with van der Waals surface area (Å²) in [5.74, 6) is 0.198. The van der Waals surface area contributed by atoms with Gasteiger partial charge in [-0.1, -0.05) is 29.5 Å². The fraction of sp³-hybridized carbons (Fsp3) is 0.222. The van der Waals surface area contributed by atoms with Gasteiger partial charge in [0.15, 0.2) is 0 Å². The number of hydrogen-bond acceptors (Lipinski definition) is 3. The first-order valence-corrected chi connectivity index (χ1v) is 8.07. The molecule has 0 radical (unpaired) electrons. The van der Waals surface area contributed by atoms with E-state index in [4.69, 9.17) is 5.26 Å². The standard InChI is InChI=1S/C18H16N2OS/c1-12-2-7-15(8-3-12)22-17-9-4-13(11-19)10-16(17)20-18(21)14-5-6-14/h2-4,7-10,14H,5-6H2,1H3,(H,20,21). The van der Waals surface area contributed by atoms with Crippen molar-refractivity contribution in [2.24, 2.45) is 5.92 Å². The number of benzene rings is 2. The first-order valence-electron chi connectivity index (χ1n) is 7.25. The van der Waals surface area contributed by atoms with Crippen molar-refractivity contribution in [2.75, 3.05) is 5.32 Å². The molecule has 0 saturated heterocycles. The third-order valence-electron chi connectivity index (χ3n) is 3.56. The van der Waals surface area contributed by atoms with Gasteiger partial charge in [-0.2, -0.15) is 5.26 Å². The lowest BCUT2D eigenvalue weighted by molar-refractivity contribution is -0.117. The Bertz CT molecular complexity index is 743. The Balaban J connectivity index is 1.86. The average Bonchev–Trinajstić information content (AvgIpc) is 3.36. The normalized spacial score (nSPS) is 13.5. The molecule has 2 aromatic rings. The molecule has 3 rings (SSSR count). The third kappa shape index (κ3) is 3.49. The molecule has 22 heavy (non-hydrogen) atoms. The number of amides is 1. The van der Waals surface area contributed by atoms with Crippen LogP contribution in [0, 0.1) is 24.2 Å². The molecule has 0 aliphatic heterocycles. The molecular formula is C18H16N2OS. The van der Waals surface area contributed by atoms with Crippen LogP contribution in [0.3, 0.4) is 0 Å². The van der Waals surface area contributed by atoms with Gasteiger partial charge in [0.25, 0.3) is 0 Å². The molecule has 0 atom stereocenters. The van der Waals surface area contributed by atoms with Crippen molar-refractivity contribution >= 4 is 23.4 Å². The number of nitriles is 1. The Hall–Kier alpha value is -2.25. The zero-order valence-corrected chi connectivity index (χ0v) is 13.1. The molecular weight excluding hydrogens is 292 g/mol. The number of carbonyl (C=O) groups excluding carboxylic acids is 1. The van der Waals surface area contributed by atoms with E-state index in [1.807, 2.05) is 6.07 Å². The second-order valence-corrected chi connectivity index (χ2v) is 6.62. The van der Waals surface area contributed by atoms with Crippen molar-refractivity contribution in [3.63, 3.8) is 0 Å². The lowest BCUT2D eigenvalue weighted by Crippen LogP contribution is -2.14. The van der Waals surface area contributed by atoms with Crippen LogP contribution in [0.5, 0.6) is 0 Å². The molecule has 110 valence electrons. The molecule has 1 N–H and O–H groups in total. The van der Waals surface area contributed by atoms with Crippen molar-refractivity contribution in [1.82, 2.24) is 0 Å². The summed E-state index contributed by atoms with van der Waals surface area (Å²) < 4.78 is 0. The van der Waals surface area contributed by atoms with Gasteiger partial charge >= 0.3 is 0 Å². The van der Waals surface area contributed by atoms with Crippen molar-refractivity contribution in [2.45, 2.75) is 29.6 Å². The van der Waals surface area contributed by atoms with E-state index >= 15 is 0 Å². The number of anilines is 1. The Morgan fingerprint density at radius 2 is 1.95 bits per heavy atom. The summed E-state index contributed by atoms with van der Waals surface area (Å²) in [4.78, 5) is 14.1. The van der Waals surface area contributed by atoms with Gasteiger partial charge in [0.05, 0.1) is 17.3 Å². The number of nitrogens with one attached hydrogen (secondary N) is 1. The summed E-state index contributed by atoms with van der Waals surface area (Å²) in [5, 5.41) is 12.0. The average molecular weight is 308 g/mol. The molecule has 0 aromatic heterocycles. The van der Waals surface area contributed by atoms with Gasteiger partial charge in [0.1, 0.15) is 0 Å². The largest absolute Gasteiger partial charge is 0.325 e. The minimum Gasteiger partial charge on any atom is -0.325 e. The second kappa shape index (κ2) is 6.25. The van der Waals surface area contributed by atoms with Crippen LogP contribution in [-0.4, -0.2) is 5.91 Å². The van der Waals surface area contributed by atoms with Crippen LogP contribution in [0.25, 0.3) is 0 Å². The fourth-order valence-corrected chi connectivity index (χ4v) is 2.98. The molecule has 1 amide bonds. The summed E-state index contributed by atoms with van der Waals surface area (Å²) in [5.41, 5.74) is 2.49. The zero-order valence-electron chi connectivity index (χ0n) is 12.3. The SMILES string of the molecule is Cc1ccc(Sc2ccc(C#N)cc2NC(=O)C2CC2)cc1. The predicted octanol–water partition coefficient (Wildman–Crippen LogP) is 4.37. The number of nitrogens with zero attached hydrogens (tertiary/aromatic N) is 1. The van der Waals surface area contributed by atoms with E-state index in [1.165, 1.54) is 5.56 Å². The van der Waals surface area contributed by atoms with Crippen LogP contribution in [0.4, 0.5) is 5.69 Å². The first-order chi connectivity index (χ1) is 10.7. The van der Waals surface area contributed by atoms with E-state index in [2.05, 4.69) is 42.6 Å². The monoisotopic (exact) mass is 308 g/mol. The highest BCUT2D eigenvalue weighted by Crippen LogP contribution is 2.36. The lowest BCUT2D eigenvalue weighted by Gasteiger charge is -2.11. The van der Waals surface area contributed by atoms with E-state index in [0.29, 0.717) is 5.56 Å². The highest BCUT2D eigenvalue weighted by molar-refractivity contribution is 7.99. The molecule has 0 spiro atoms. The molecule has 1 saturated carbocycles. The van der Waals surface area contributed by atoms with Crippen LogP contribution in [0.1, 0.15) is 24.0 Å². The maximum atomic E-state index is 12.0. The lowest BCUT2D eigenvalue weighted by atomic mass is 10.2. The topological polar surface area (TPSA) is 52.9 Å². The summed E-state index contributed by atoms with van der Waals surface area (Å²) in [7, 11) is 0. The van der Waals surface area contributed by atoms with Crippen LogP contribution >= 0.6 is 11.8 Å². The summed E-state index contributed by atoms with van der Waals surface area (Å²) >= 11 is 1.59. The van der Waals surface area contributed by atoms with Crippen LogP contribution in [-0.2, 0) is 4.79 Å². The molecule has 4 heteroatoms. The van der Waals surface area contributed by atoms with E-state index in [9.17, 15) is 4.79 Å². The van der Waals surface area contributed by atoms with Gasteiger partial charge in [-0.05, 0) is 50.1 Å². The first kappa shape index (κ1) is 14.7.